The molecule has 6 heteroatoms. The SMILES string of the molecule is O=C(O)c1ccc(NC(=O)c2cccn2C2CC2)c(Cl)c1. The van der Waals surface area contributed by atoms with E-state index in [1.165, 1.54) is 18.2 Å². The Kier molecular flexibility index (Phi) is 3.43. The summed E-state index contributed by atoms with van der Waals surface area (Å²) in [5.41, 5.74) is 1.06. The number of hydrogen-bond donors (Lipinski definition) is 2. The van der Waals surface area contributed by atoms with Gasteiger partial charge in [-0.05, 0) is 43.2 Å². The quantitative estimate of drug-likeness (QED) is 0.909. The molecule has 1 aromatic carbocycles. The highest BCUT2D eigenvalue weighted by atomic mass is 35.5. The maximum absolute atomic E-state index is 12.3. The van der Waals surface area contributed by atoms with Gasteiger partial charge >= 0.3 is 5.97 Å². The maximum Gasteiger partial charge on any atom is 0.335 e. The first-order valence-corrected chi connectivity index (χ1v) is 6.95. The minimum atomic E-state index is -1.06. The van der Waals surface area contributed by atoms with Crippen molar-refractivity contribution < 1.29 is 14.7 Å². The van der Waals surface area contributed by atoms with Gasteiger partial charge in [0.2, 0.25) is 0 Å². The fourth-order valence-corrected chi connectivity index (χ4v) is 2.42. The van der Waals surface area contributed by atoms with Crippen LogP contribution in [0.15, 0.2) is 36.5 Å². The minimum Gasteiger partial charge on any atom is -0.478 e. The minimum absolute atomic E-state index is 0.0827. The fraction of sp³-hybridized carbons (Fsp3) is 0.200. The van der Waals surface area contributed by atoms with Gasteiger partial charge in [0.05, 0.1) is 16.3 Å². The number of aromatic carboxylic acids is 1. The number of nitrogens with zero attached hydrogens (tertiary/aromatic N) is 1. The predicted molar refractivity (Wildman–Crippen MR) is 79.1 cm³/mol. The van der Waals surface area contributed by atoms with Crippen molar-refractivity contribution in [1.82, 2.24) is 4.57 Å². The molecule has 2 aromatic rings. The second-order valence-electron chi connectivity index (χ2n) is 4.99. The third-order valence-corrected chi connectivity index (χ3v) is 3.73. The lowest BCUT2D eigenvalue weighted by atomic mass is 10.2. The summed E-state index contributed by atoms with van der Waals surface area (Å²) in [4.78, 5) is 23.1. The Balaban J connectivity index is 1.81. The number of nitrogens with one attached hydrogen (secondary N) is 1. The van der Waals surface area contributed by atoms with E-state index in [0.29, 0.717) is 17.4 Å². The molecule has 1 fully saturated rings. The molecule has 1 aliphatic carbocycles. The molecule has 1 amide bonds. The number of amides is 1. The molecule has 0 spiro atoms. The van der Waals surface area contributed by atoms with Crippen LogP contribution in [0.25, 0.3) is 0 Å². The second-order valence-corrected chi connectivity index (χ2v) is 5.39. The van der Waals surface area contributed by atoms with Gasteiger partial charge in [-0.3, -0.25) is 4.79 Å². The molecule has 1 heterocycles. The zero-order chi connectivity index (χ0) is 15.0. The lowest BCUT2D eigenvalue weighted by Crippen LogP contribution is -2.16. The first kappa shape index (κ1) is 13.7. The van der Waals surface area contributed by atoms with Crippen molar-refractivity contribution in [1.29, 1.82) is 0 Å². The molecule has 0 atom stereocenters. The van der Waals surface area contributed by atoms with Gasteiger partial charge in [-0.25, -0.2) is 4.79 Å². The number of halogens is 1. The number of benzene rings is 1. The molecule has 1 aliphatic rings. The topological polar surface area (TPSA) is 71.3 Å². The van der Waals surface area contributed by atoms with Crippen molar-refractivity contribution in [3.05, 3.63) is 52.8 Å². The summed E-state index contributed by atoms with van der Waals surface area (Å²) < 4.78 is 1.95. The number of anilines is 1. The zero-order valence-corrected chi connectivity index (χ0v) is 11.8. The Labute approximate surface area is 126 Å². The van der Waals surface area contributed by atoms with E-state index in [2.05, 4.69) is 5.32 Å². The van der Waals surface area contributed by atoms with Crippen molar-refractivity contribution in [2.24, 2.45) is 0 Å². The average molecular weight is 305 g/mol. The summed E-state index contributed by atoms with van der Waals surface area (Å²) in [5.74, 6) is -1.31. The standard InChI is InChI=1S/C15H13ClN2O3/c16-11-8-9(15(20)21)3-6-12(11)17-14(19)13-2-1-7-18(13)10-4-5-10/h1-3,6-8,10H,4-5H2,(H,17,19)(H,20,21). The van der Waals surface area contributed by atoms with Crippen LogP contribution in [-0.2, 0) is 0 Å². The molecule has 1 saturated carbocycles. The summed E-state index contributed by atoms with van der Waals surface area (Å²) in [6.07, 6.45) is 4.06. The highest BCUT2D eigenvalue weighted by Gasteiger charge is 2.26. The Morgan fingerprint density at radius 3 is 2.67 bits per heavy atom. The van der Waals surface area contributed by atoms with Crippen LogP contribution in [0.4, 0.5) is 5.69 Å². The van der Waals surface area contributed by atoms with Crippen LogP contribution in [0.1, 0.15) is 39.7 Å². The van der Waals surface area contributed by atoms with E-state index >= 15 is 0 Å². The van der Waals surface area contributed by atoms with E-state index in [4.69, 9.17) is 16.7 Å². The smallest absolute Gasteiger partial charge is 0.335 e. The molecule has 0 radical (unpaired) electrons. The molecule has 108 valence electrons. The molecule has 21 heavy (non-hydrogen) atoms. The molecule has 5 nitrogen and oxygen atoms in total. The van der Waals surface area contributed by atoms with Crippen molar-refractivity contribution in [3.8, 4) is 0 Å². The Morgan fingerprint density at radius 1 is 1.29 bits per heavy atom. The van der Waals surface area contributed by atoms with Gasteiger partial charge in [0.1, 0.15) is 5.69 Å². The average Bonchev–Trinajstić information content (AvgIpc) is 3.17. The molecular weight excluding hydrogens is 292 g/mol. The van der Waals surface area contributed by atoms with Crippen molar-refractivity contribution in [2.45, 2.75) is 18.9 Å². The van der Waals surface area contributed by atoms with Crippen molar-refractivity contribution in [3.63, 3.8) is 0 Å². The van der Waals surface area contributed by atoms with Gasteiger partial charge in [0.15, 0.2) is 0 Å². The van der Waals surface area contributed by atoms with E-state index < -0.39 is 5.97 Å². The molecule has 0 aliphatic heterocycles. The van der Waals surface area contributed by atoms with Crippen LogP contribution in [0, 0.1) is 0 Å². The molecule has 0 saturated heterocycles. The summed E-state index contributed by atoms with van der Waals surface area (Å²) in [6.45, 7) is 0. The molecule has 0 bridgehead atoms. The van der Waals surface area contributed by atoms with Gasteiger partial charge in [-0.2, -0.15) is 0 Å². The van der Waals surface area contributed by atoms with Gasteiger partial charge in [0, 0.05) is 12.2 Å². The number of carboxylic acid groups (broad SMARTS) is 1. The summed E-state index contributed by atoms with van der Waals surface area (Å²) in [7, 11) is 0. The first-order chi connectivity index (χ1) is 10.1. The Morgan fingerprint density at radius 2 is 2.05 bits per heavy atom. The lowest BCUT2D eigenvalue weighted by molar-refractivity contribution is 0.0696. The largest absolute Gasteiger partial charge is 0.478 e. The number of hydrogen-bond acceptors (Lipinski definition) is 2. The third kappa shape index (κ3) is 2.78. The van der Waals surface area contributed by atoms with Crippen LogP contribution in [0.5, 0.6) is 0 Å². The zero-order valence-electron chi connectivity index (χ0n) is 11.0. The molecule has 0 unspecified atom stereocenters. The summed E-state index contributed by atoms with van der Waals surface area (Å²) in [6, 6.07) is 8.22. The normalized spacial score (nSPS) is 14.0. The van der Waals surface area contributed by atoms with E-state index in [1.807, 2.05) is 16.8 Å². The second kappa shape index (κ2) is 5.26. The van der Waals surface area contributed by atoms with Gasteiger partial charge in [0.25, 0.3) is 5.91 Å². The van der Waals surface area contributed by atoms with E-state index in [1.54, 1.807) is 6.07 Å². The number of carbonyl (C=O) groups excluding carboxylic acids is 1. The van der Waals surface area contributed by atoms with Gasteiger partial charge in [-0.1, -0.05) is 11.6 Å². The predicted octanol–water partition coefficient (Wildman–Crippen LogP) is 3.43. The molecule has 1 aromatic heterocycles. The summed E-state index contributed by atoms with van der Waals surface area (Å²) >= 11 is 6.01. The highest BCUT2D eigenvalue weighted by molar-refractivity contribution is 6.34. The van der Waals surface area contributed by atoms with Crippen LogP contribution >= 0.6 is 11.6 Å². The Bertz CT molecular complexity index is 719. The number of carboxylic acids is 1. The number of carbonyl (C=O) groups is 2. The van der Waals surface area contributed by atoms with Crippen molar-refractivity contribution >= 4 is 29.2 Å². The third-order valence-electron chi connectivity index (χ3n) is 3.42. The number of aromatic nitrogens is 1. The molecule has 3 rings (SSSR count). The summed E-state index contributed by atoms with van der Waals surface area (Å²) in [5, 5.41) is 11.8. The highest BCUT2D eigenvalue weighted by Crippen LogP contribution is 2.36. The molecule has 2 N–H and O–H groups in total. The lowest BCUT2D eigenvalue weighted by Gasteiger charge is -2.10. The van der Waals surface area contributed by atoms with Gasteiger partial charge < -0.3 is 15.0 Å². The maximum atomic E-state index is 12.3. The molecular formula is C15H13ClN2O3. The monoisotopic (exact) mass is 304 g/mol. The van der Waals surface area contributed by atoms with E-state index in [0.717, 1.165) is 12.8 Å². The van der Waals surface area contributed by atoms with Crippen LogP contribution in [0.3, 0.4) is 0 Å². The Hall–Kier alpha value is -2.27. The van der Waals surface area contributed by atoms with E-state index in [-0.39, 0.29) is 16.5 Å². The van der Waals surface area contributed by atoms with Crippen LogP contribution < -0.4 is 5.32 Å². The first-order valence-electron chi connectivity index (χ1n) is 6.57. The van der Waals surface area contributed by atoms with Gasteiger partial charge in [-0.15, -0.1) is 0 Å². The number of rotatable bonds is 4. The van der Waals surface area contributed by atoms with E-state index in [9.17, 15) is 9.59 Å². The van der Waals surface area contributed by atoms with Crippen molar-refractivity contribution in [2.75, 3.05) is 5.32 Å². The van der Waals surface area contributed by atoms with Crippen LogP contribution in [0.2, 0.25) is 5.02 Å². The fourth-order valence-electron chi connectivity index (χ4n) is 2.19. The van der Waals surface area contributed by atoms with Crippen LogP contribution in [-0.4, -0.2) is 21.6 Å².